The summed E-state index contributed by atoms with van der Waals surface area (Å²) >= 11 is 0. The highest BCUT2D eigenvalue weighted by Crippen LogP contribution is 2.51. The summed E-state index contributed by atoms with van der Waals surface area (Å²) in [6.07, 6.45) is 7.63. The Labute approximate surface area is 99.0 Å². The zero-order valence-electron chi connectivity index (χ0n) is 10.3. The van der Waals surface area contributed by atoms with Gasteiger partial charge in [0.1, 0.15) is 0 Å². The van der Waals surface area contributed by atoms with Crippen molar-refractivity contribution in [1.29, 1.82) is 0 Å². The highest BCUT2D eigenvalue weighted by molar-refractivity contribution is 5.33. The van der Waals surface area contributed by atoms with Crippen LogP contribution in [-0.4, -0.2) is 6.04 Å². The first-order valence-electron chi connectivity index (χ1n) is 6.61. The molecule has 0 aliphatic heterocycles. The lowest BCUT2D eigenvalue weighted by Crippen LogP contribution is -2.34. The van der Waals surface area contributed by atoms with Crippen LogP contribution in [0.1, 0.15) is 51.0 Å². The van der Waals surface area contributed by atoms with Gasteiger partial charge in [-0.3, -0.25) is 0 Å². The van der Waals surface area contributed by atoms with Crippen LogP contribution in [0.5, 0.6) is 0 Å². The maximum absolute atomic E-state index is 6.39. The number of hydrogen-bond donors (Lipinski definition) is 1. The largest absolute Gasteiger partial charge is 0.327 e. The maximum Gasteiger partial charge on any atom is 0.0136 e. The molecular weight excluding hydrogens is 194 g/mol. The molecule has 1 aromatic rings. The first kappa shape index (κ1) is 11.7. The summed E-state index contributed by atoms with van der Waals surface area (Å²) in [5.74, 6) is 0. The van der Waals surface area contributed by atoms with E-state index in [1.165, 1.54) is 44.1 Å². The molecule has 1 aliphatic rings. The summed E-state index contributed by atoms with van der Waals surface area (Å²) in [6.45, 7) is 2.25. The minimum absolute atomic E-state index is 0.328. The van der Waals surface area contributed by atoms with E-state index in [0.717, 1.165) is 0 Å². The van der Waals surface area contributed by atoms with Gasteiger partial charge in [0.2, 0.25) is 0 Å². The van der Waals surface area contributed by atoms with Crippen LogP contribution in [0.25, 0.3) is 0 Å². The summed E-state index contributed by atoms with van der Waals surface area (Å²) in [7, 11) is 0. The van der Waals surface area contributed by atoms with E-state index in [9.17, 15) is 0 Å². The van der Waals surface area contributed by atoms with Gasteiger partial charge in [-0.25, -0.2) is 0 Å². The second-order valence-electron chi connectivity index (χ2n) is 5.12. The van der Waals surface area contributed by atoms with Crippen molar-refractivity contribution >= 4 is 0 Å². The third-order valence-electron chi connectivity index (χ3n) is 3.97. The maximum atomic E-state index is 6.39. The Bertz CT molecular complexity index is 313. The first-order valence-corrected chi connectivity index (χ1v) is 6.61. The van der Waals surface area contributed by atoms with Gasteiger partial charge in [0.15, 0.2) is 0 Å². The van der Waals surface area contributed by atoms with Crippen molar-refractivity contribution in [1.82, 2.24) is 0 Å². The summed E-state index contributed by atoms with van der Waals surface area (Å²) in [5, 5.41) is 0. The van der Waals surface area contributed by atoms with Crippen molar-refractivity contribution in [2.45, 2.75) is 56.9 Å². The molecule has 1 unspecified atom stereocenters. The lowest BCUT2D eigenvalue weighted by molar-refractivity contribution is 0.462. The van der Waals surface area contributed by atoms with Crippen molar-refractivity contribution < 1.29 is 0 Å². The van der Waals surface area contributed by atoms with Gasteiger partial charge in [0.25, 0.3) is 0 Å². The van der Waals surface area contributed by atoms with Crippen molar-refractivity contribution in [3.8, 4) is 0 Å². The van der Waals surface area contributed by atoms with Crippen LogP contribution in [0.15, 0.2) is 30.3 Å². The molecule has 0 bridgehead atoms. The third-order valence-corrected chi connectivity index (χ3v) is 3.97. The highest BCUT2D eigenvalue weighted by Gasteiger charge is 2.48. The molecule has 0 amide bonds. The predicted octanol–water partition coefficient (Wildman–Crippen LogP) is 3.63. The van der Waals surface area contributed by atoms with Gasteiger partial charge in [0, 0.05) is 11.5 Å². The lowest BCUT2D eigenvalue weighted by atomic mass is 9.86. The van der Waals surface area contributed by atoms with Gasteiger partial charge < -0.3 is 5.73 Å². The van der Waals surface area contributed by atoms with E-state index >= 15 is 0 Å². The topological polar surface area (TPSA) is 26.0 Å². The van der Waals surface area contributed by atoms with E-state index in [-0.39, 0.29) is 0 Å². The summed E-state index contributed by atoms with van der Waals surface area (Å²) in [6, 6.07) is 11.2. The molecule has 0 heterocycles. The summed E-state index contributed by atoms with van der Waals surface area (Å²) < 4.78 is 0. The Hall–Kier alpha value is -0.820. The van der Waals surface area contributed by atoms with Gasteiger partial charge in [0.05, 0.1) is 0 Å². The number of benzene rings is 1. The minimum atomic E-state index is 0.328. The lowest BCUT2D eigenvalue weighted by Gasteiger charge is -2.23. The minimum Gasteiger partial charge on any atom is -0.327 e. The molecule has 1 aromatic carbocycles. The number of hydrogen-bond acceptors (Lipinski definition) is 1. The molecule has 2 N–H and O–H groups in total. The van der Waals surface area contributed by atoms with Crippen LogP contribution in [0.3, 0.4) is 0 Å². The Morgan fingerprint density at radius 2 is 1.88 bits per heavy atom. The van der Waals surface area contributed by atoms with E-state index in [0.29, 0.717) is 11.5 Å². The van der Waals surface area contributed by atoms with Crippen molar-refractivity contribution in [3.05, 3.63) is 35.9 Å². The van der Waals surface area contributed by atoms with Crippen molar-refractivity contribution in [2.24, 2.45) is 5.73 Å². The molecule has 88 valence electrons. The highest BCUT2D eigenvalue weighted by atomic mass is 14.7. The summed E-state index contributed by atoms with van der Waals surface area (Å²) in [4.78, 5) is 0. The standard InChI is InChI=1S/C15H23N/c1-2-3-5-10-14(16)15(11-12-15)13-8-6-4-7-9-13/h4,6-9,14H,2-3,5,10-12,16H2,1H3. The molecule has 2 rings (SSSR count). The molecule has 0 saturated heterocycles. The second-order valence-corrected chi connectivity index (χ2v) is 5.12. The second kappa shape index (κ2) is 5.01. The van der Waals surface area contributed by atoms with E-state index in [4.69, 9.17) is 5.73 Å². The van der Waals surface area contributed by atoms with E-state index < -0.39 is 0 Å². The molecule has 0 radical (unpaired) electrons. The third kappa shape index (κ3) is 2.30. The van der Waals surface area contributed by atoms with Gasteiger partial charge in [-0.1, -0.05) is 56.5 Å². The smallest absolute Gasteiger partial charge is 0.0136 e. The molecular formula is C15H23N. The van der Waals surface area contributed by atoms with Crippen LogP contribution in [0.2, 0.25) is 0 Å². The molecule has 1 fully saturated rings. The Balaban J connectivity index is 1.97. The average Bonchev–Trinajstić information content (AvgIpc) is 3.12. The Morgan fingerprint density at radius 1 is 1.19 bits per heavy atom. The summed E-state index contributed by atoms with van der Waals surface area (Å²) in [5.41, 5.74) is 8.17. The fourth-order valence-corrected chi connectivity index (χ4v) is 2.67. The Morgan fingerprint density at radius 3 is 2.44 bits per heavy atom. The van der Waals surface area contributed by atoms with Gasteiger partial charge in [-0.2, -0.15) is 0 Å². The van der Waals surface area contributed by atoms with Crippen molar-refractivity contribution in [2.75, 3.05) is 0 Å². The monoisotopic (exact) mass is 217 g/mol. The normalized spacial score (nSPS) is 19.4. The molecule has 0 aromatic heterocycles. The molecule has 1 nitrogen and oxygen atoms in total. The van der Waals surface area contributed by atoms with E-state index in [1.807, 2.05) is 0 Å². The first-order chi connectivity index (χ1) is 7.79. The molecule has 1 aliphatic carbocycles. The fraction of sp³-hybridized carbons (Fsp3) is 0.600. The fourth-order valence-electron chi connectivity index (χ4n) is 2.67. The predicted molar refractivity (Wildman–Crippen MR) is 69.5 cm³/mol. The van der Waals surface area contributed by atoms with Crippen LogP contribution in [0, 0.1) is 0 Å². The number of nitrogens with two attached hydrogens (primary N) is 1. The molecule has 1 saturated carbocycles. The number of unbranched alkanes of at least 4 members (excludes halogenated alkanes) is 2. The van der Waals surface area contributed by atoms with Crippen LogP contribution < -0.4 is 5.73 Å². The Kier molecular flexibility index (Phi) is 3.65. The molecule has 1 atom stereocenters. The zero-order valence-corrected chi connectivity index (χ0v) is 10.3. The zero-order chi connectivity index (χ0) is 11.4. The average molecular weight is 217 g/mol. The van der Waals surface area contributed by atoms with Gasteiger partial charge >= 0.3 is 0 Å². The van der Waals surface area contributed by atoms with Gasteiger partial charge in [-0.15, -0.1) is 0 Å². The van der Waals surface area contributed by atoms with Crippen LogP contribution in [-0.2, 0) is 5.41 Å². The quantitative estimate of drug-likeness (QED) is 0.724. The molecule has 0 spiro atoms. The molecule has 1 heteroatoms. The van der Waals surface area contributed by atoms with E-state index in [1.54, 1.807) is 0 Å². The number of rotatable bonds is 6. The van der Waals surface area contributed by atoms with Crippen LogP contribution >= 0.6 is 0 Å². The van der Waals surface area contributed by atoms with E-state index in [2.05, 4.69) is 37.3 Å². The van der Waals surface area contributed by atoms with Crippen LogP contribution in [0.4, 0.5) is 0 Å². The van der Waals surface area contributed by atoms with Crippen molar-refractivity contribution in [3.63, 3.8) is 0 Å². The SMILES string of the molecule is CCCCCC(N)C1(c2ccccc2)CC1. The molecule has 16 heavy (non-hydrogen) atoms. The van der Waals surface area contributed by atoms with Gasteiger partial charge in [-0.05, 0) is 24.8 Å².